The van der Waals surface area contributed by atoms with Gasteiger partial charge in [-0.25, -0.2) is 9.97 Å². The Morgan fingerprint density at radius 3 is 2.56 bits per heavy atom. The van der Waals surface area contributed by atoms with Crippen LogP contribution in [0.4, 0.5) is 5.82 Å². The van der Waals surface area contributed by atoms with Crippen LogP contribution in [-0.4, -0.2) is 34.3 Å². The summed E-state index contributed by atoms with van der Waals surface area (Å²) in [6.45, 7) is 6.79. The van der Waals surface area contributed by atoms with Crippen molar-refractivity contribution < 1.29 is 5.11 Å². The molecule has 1 aliphatic rings. The van der Waals surface area contributed by atoms with Gasteiger partial charge in [0, 0.05) is 24.1 Å². The number of aliphatic hydroxyl groups excluding tert-OH is 1. The smallest absolute Gasteiger partial charge is 0.137 e. The highest BCUT2D eigenvalue weighted by Crippen LogP contribution is 2.34. The molecule has 0 saturated heterocycles. The van der Waals surface area contributed by atoms with Gasteiger partial charge in [0.05, 0.1) is 6.61 Å². The molecular weight excluding hydrogens is 250 g/mol. The summed E-state index contributed by atoms with van der Waals surface area (Å²) in [5.41, 5.74) is 0.904. The second-order valence-corrected chi connectivity index (χ2v) is 5.48. The van der Waals surface area contributed by atoms with Crippen molar-refractivity contribution in [2.24, 2.45) is 0 Å². The molecule has 0 amide bonds. The molecule has 1 aromatic heterocycles. The van der Waals surface area contributed by atoms with Crippen molar-refractivity contribution in [2.45, 2.75) is 45.6 Å². The van der Waals surface area contributed by atoms with Gasteiger partial charge in [-0.05, 0) is 19.8 Å². The molecule has 5 heteroatoms. The molecule has 2 rings (SSSR count). The van der Waals surface area contributed by atoms with E-state index in [2.05, 4.69) is 28.7 Å². The predicted octanol–water partition coefficient (Wildman–Crippen LogP) is 2.52. The average Bonchev–Trinajstić information content (AvgIpc) is 3.13. The molecule has 0 unspecified atom stereocenters. The third-order valence-electron chi connectivity index (χ3n) is 3.20. The van der Waals surface area contributed by atoms with E-state index in [0.717, 1.165) is 30.0 Å². The number of halogens is 1. The van der Waals surface area contributed by atoms with Crippen LogP contribution in [0.3, 0.4) is 0 Å². The number of rotatable bonds is 5. The summed E-state index contributed by atoms with van der Waals surface area (Å²) < 4.78 is 0. The summed E-state index contributed by atoms with van der Waals surface area (Å²) in [6.07, 6.45) is 2.33. The third-order valence-corrected chi connectivity index (χ3v) is 3.56. The first-order valence-electron chi connectivity index (χ1n) is 6.46. The first-order valence-corrected chi connectivity index (χ1v) is 6.84. The van der Waals surface area contributed by atoms with E-state index in [9.17, 15) is 5.11 Å². The van der Waals surface area contributed by atoms with Gasteiger partial charge >= 0.3 is 0 Å². The third kappa shape index (κ3) is 2.75. The Bertz CT molecular complexity index is 432. The molecule has 1 fully saturated rings. The van der Waals surface area contributed by atoms with Crippen molar-refractivity contribution in [3.8, 4) is 0 Å². The zero-order valence-corrected chi connectivity index (χ0v) is 11.9. The lowest BCUT2D eigenvalue weighted by Gasteiger charge is -2.25. The van der Waals surface area contributed by atoms with E-state index in [-0.39, 0.29) is 12.5 Å². The van der Waals surface area contributed by atoms with Crippen LogP contribution < -0.4 is 4.90 Å². The van der Waals surface area contributed by atoms with Gasteiger partial charge in [-0.2, -0.15) is 0 Å². The van der Waals surface area contributed by atoms with Gasteiger partial charge in [-0.3, -0.25) is 0 Å². The second kappa shape index (κ2) is 5.41. The summed E-state index contributed by atoms with van der Waals surface area (Å²) in [4.78, 5) is 11.1. The molecule has 0 spiro atoms. The van der Waals surface area contributed by atoms with Crippen molar-refractivity contribution >= 4 is 17.4 Å². The normalized spacial score (nSPS) is 15.2. The van der Waals surface area contributed by atoms with E-state index in [0.29, 0.717) is 17.7 Å². The molecule has 1 aliphatic carbocycles. The van der Waals surface area contributed by atoms with Crippen LogP contribution in [0.25, 0.3) is 0 Å². The summed E-state index contributed by atoms with van der Waals surface area (Å²) in [5.74, 6) is 1.90. The minimum absolute atomic E-state index is 0.134. The largest absolute Gasteiger partial charge is 0.395 e. The second-order valence-electron chi connectivity index (χ2n) is 5.12. The number of anilines is 1. The summed E-state index contributed by atoms with van der Waals surface area (Å²) >= 11 is 6.19. The highest BCUT2D eigenvalue weighted by molar-refractivity contribution is 6.30. The molecule has 1 N–H and O–H groups in total. The number of hydrogen-bond donors (Lipinski definition) is 1. The lowest BCUT2D eigenvalue weighted by Crippen LogP contribution is -2.31. The Kier molecular flexibility index (Phi) is 4.07. The first-order chi connectivity index (χ1) is 8.54. The fraction of sp³-hybridized carbons (Fsp3) is 0.692. The van der Waals surface area contributed by atoms with Crippen LogP contribution in [0.15, 0.2) is 0 Å². The standard InChI is InChI=1S/C13H20ClN3O/c1-8(2)12-15-11(14)9(3)13(16-12)17(6-7-18)10-4-5-10/h8,10,18H,4-7H2,1-3H3. The van der Waals surface area contributed by atoms with E-state index in [4.69, 9.17) is 11.6 Å². The number of aliphatic hydroxyl groups is 1. The van der Waals surface area contributed by atoms with Gasteiger partial charge in [0.25, 0.3) is 0 Å². The number of nitrogens with zero attached hydrogens (tertiary/aromatic N) is 3. The van der Waals surface area contributed by atoms with Crippen molar-refractivity contribution in [1.29, 1.82) is 0 Å². The zero-order valence-electron chi connectivity index (χ0n) is 11.1. The van der Waals surface area contributed by atoms with Crippen LogP contribution in [0, 0.1) is 6.92 Å². The Balaban J connectivity index is 2.40. The average molecular weight is 270 g/mol. The molecule has 0 aliphatic heterocycles. The highest BCUT2D eigenvalue weighted by Gasteiger charge is 2.31. The van der Waals surface area contributed by atoms with Gasteiger partial charge in [-0.15, -0.1) is 0 Å². The quantitative estimate of drug-likeness (QED) is 0.835. The fourth-order valence-electron chi connectivity index (χ4n) is 1.99. The summed E-state index contributed by atoms with van der Waals surface area (Å²) in [7, 11) is 0. The SMILES string of the molecule is Cc1c(Cl)nc(C(C)C)nc1N(CCO)C1CC1. The maximum Gasteiger partial charge on any atom is 0.137 e. The summed E-state index contributed by atoms with van der Waals surface area (Å²) in [5, 5.41) is 9.72. The Morgan fingerprint density at radius 2 is 2.06 bits per heavy atom. The van der Waals surface area contributed by atoms with Crippen LogP contribution >= 0.6 is 11.6 Å². The lowest BCUT2D eigenvalue weighted by atomic mass is 10.2. The molecular formula is C13H20ClN3O. The maximum absolute atomic E-state index is 9.20. The van der Waals surface area contributed by atoms with E-state index in [1.54, 1.807) is 0 Å². The van der Waals surface area contributed by atoms with Crippen molar-refractivity contribution in [2.75, 3.05) is 18.1 Å². The van der Waals surface area contributed by atoms with E-state index in [1.165, 1.54) is 0 Å². The molecule has 0 atom stereocenters. The van der Waals surface area contributed by atoms with Crippen molar-refractivity contribution in [3.05, 3.63) is 16.5 Å². The molecule has 0 aromatic carbocycles. The highest BCUT2D eigenvalue weighted by atomic mass is 35.5. The van der Waals surface area contributed by atoms with Gasteiger partial charge in [0.1, 0.15) is 16.8 Å². The molecule has 0 bridgehead atoms. The molecule has 0 radical (unpaired) electrons. The van der Waals surface area contributed by atoms with E-state index < -0.39 is 0 Å². The van der Waals surface area contributed by atoms with Gasteiger partial charge in [0.15, 0.2) is 0 Å². The molecule has 1 aromatic rings. The van der Waals surface area contributed by atoms with Crippen LogP contribution in [0.5, 0.6) is 0 Å². The maximum atomic E-state index is 9.20. The Morgan fingerprint density at radius 1 is 1.39 bits per heavy atom. The number of hydrogen-bond acceptors (Lipinski definition) is 4. The minimum Gasteiger partial charge on any atom is -0.395 e. The van der Waals surface area contributed by atoms with E-state index in [1.807, 2.05) is 6.92 Å². The zero-order chi connectivity index (χ0) is 13.3. The summed E-state index contributed by atoms with van der Waals surface area (Å²) in [6, 6.07) is 0.502. The van der Waals surface area contributed by atoms with Gasteiger partial charge in [-0.1, -0.05) is 25.4 Å². The van der Waals surface area contributed by atoms with Crippen molar-refractivity contribution in [1.82, 2.24) is 9.97 Å². The Hall–Kier alpha value is -0.870. The molecule has 1 saturated carbocycles. The van der Waals surface area contributed by atoms with Crippen LogP contribution in [-0.2, 0) is 0 Å². The van der Waals surface area contributed by atoms with E-state index >= 15 is 0 Å². The molecule has 1 heterocycles. The predicted molar refractivity (Wildman–Crippen MR) is 73.3 cm³/mol. The van der Waals surface area contributed by atoms with Crippen LogP contribution in [0.2, 0.25) is 5.15 Å². The Labute approximate surface area is 113 Å². The van der Waals surface area contributed by atoms with Crippen molar-refractivity contribution in [3.63, 3.8) is 0 Å². The van der Waals surface area contributed by atoms with Gasteiger partial charge < -0.3 is 10.0 Å². The topological polar surface area (TPSA) is 49.2 Å². The first kappa shape index (κ1) is 13.6. The monoisotopic (exact) mass is 269 g/mol. The lowest BCUT2D eigenvalue weighted by molar-refractivity contribution is 0.301. The van der Waals surface area contributed by atoms with Gasteiger partial charge in [0.2, 0.25) is 0 Å². The molecule has 18 heavy (non-hydrogen) atoms. The number of aromatic nitrogens is 2. The van der Waals surface area contributed by atoms with Crippen LogP contribution in [0.1, 0.15) is 44.0 Å². The fourth-order valence-corrected chi connectivity index (χ4v) is 2.16. The molecule has 100 valence electrons. The minimum atomic E-state index is 0.134. The molecule has 4 nitrogen and oxygen atoms in total.